The van der Waals surface area contributed by atoms with E-state index >= 15 is 0 Å². The first-order valence-electron chi connectivity index (χ1n) is 8.67. The minimum atomic E-state index is -0.326. The molecule has 0 aromatic heterocycles. The minimum Gasteiger partial charge on any atom is -0.346 e. The molecule has 0 saturated heterocycles. The molecule has 1 aliphatic heterocycles. The molecule has 1 aliphatic carbocycles. The SMILES string of the molecule is CC(=O)N[C@@]1(c2ccccc2)C[C@H](C)[C@H]2C[C@@H]1C(C)=NC2(C)C. The van der Waals surface area contributed by atoms with Gasteiger partial charge in [0, 0.05) is 18.6 Å². The number of carbonyl (C=O) groups excluding carboxylic acids is 1. The molecule has 0 radical (unpaired) electrons. The maximum Gasteiger partial charge on any atom is 0.217 e. The summed E-state index contributed by atoms with van der Waals surface area (Å²) in [7, 11) is 0. The highest BCUT2D eigenvalue weighted by atomic mass is 16.1. The Morgan fingerprint density at radius 1 is 1.26 bits per heavy atom. The number of nitrogens with zero attached hydrogens (tertiary/aromatic N) is 1. The first-order chi connectivity index (χ1) is 10.8. The van der Waals surface area contributed by atoms with Crippen molar-refractivity contribution in [3.8, 4) is 0 Å². The van der Waals surface area contributed by atoms with Gasteiger partial charge in [0.2, 0.25) is 5.91 Å². The highest BCUT2D eigenvalue weighted by Gasteiger charge is 2.54. The summed E-state index contributed by atoms with van der Waals surface area (Å²) >= 11 is 0. The Morgan fingerprint density at radius 3 is 2.52 bits per heavy atom. The topological polar surface area (TPSA) is 41.5 Å². The molecule has 3 nitrogen and oxygen atoms in total. The number of nitrogens with one attached hydrogen (secondary N) is 1. The molecule has 0 spiro atoms. The lowest BCUT2D eigenvalue weighted by atomic mass is 9.55. The van der Waals surface area contributed by atoms with E-state index in [1.165, 1.54) is 11.3 Å². The van der Waals surface area contributed by atoms with Gasteiger partial charge >= 0.3 is 0 Å². The molecule has 0 unspecified atom stereocenters. The van der Waals surface area contributed by atoms with E-state index in [2.05, 4.69) is 57.3 Å². The van der Waals surface area contributed by atoms with Crippen molar-refractivity contribution in [3.63, 3.8) is 0 Å². The van der Waals surface area contributed by atoms with Gasteiger partial charge in [-0.3, -0.25) is 9.79 Å². The van der Waals surface area contributed by atoms with Gasteiger partial charge in [0.15, 0.2) is 0 Å². The summed E-state index contributed by atoms with van der Waals surface area (Å²) in [5.41, 5.74) is 2.06. The lowest BCUT2D eigenvalue weighted by Crippen LogP contribution is -2.61. The zero-order valence-electron chi connectivity index (χ0n) is 14.9. The van der Waals surface area contributed by atoms with Crippen molar-refractivity contribution in [2.75, 3.05) is 0 Å². The highest BCUT2D eigenvalue weighted by molar-refractivity contribution is 5.88. The average Bonchev–Trinajstić information content (AvgIpc) is 2.45. The molecule has 3 rings (SSSR count). The van der Waals surface area contributed by atoms with Gasteiger partial charge in [-0.15, -0.1) is 0 Å². The molecule has 1 aromatic rings. The second kappa shape index (κ2) is 5.47. The monoisotopic (exact) mass is 312 g/mol. The standard InChI is InChI=1S/C20H28N2O/c1-13-12-20(22-15(3)23,16-9-7-6-8-10-16)18-11-17(13)19(4,5)21-14(18)2/h6-10,13,17-18H,11-12H2,1-5H3,(H,22,23)/t13-,17+,18+,20+/m0/s1. The highest BCUT2D eigenvalue weighted by Crippen LogP contribution is 2.53. The van der Waals surface area contributed by atoms with E-state index in [1.54, 1.807) is 6.92 Å². The van der Waals surface area contributed by atoms with Gasteiger partial charge in [0.1, 0.15) is 0 Å². The number of fused-ring (bicyclic) bond motifs is 2. The van der Waals surface area contributed by atoms with E-state index < -0.39 is 0 Å². The fraction of sp³-hybridized carbons (Fsp3) is 0.600. The van der Waals surface area contributed by atoms with Gasteiger partial charge < -0.3 is 5.32 Å². The summed E-state index contributed by atoms with van der Waals surface area (Å²) in [5.74, 6) is 1.41. The number of aliphatic imine (C=N–C) groups is 1. The Balaban J connectivity index is 2.15. The van der Waals surface area contributed by atoms with Gasteiger partial charge in [-0.05, 0) is 51.0 Å². The average molecular weight is 312 g/mol. The number of hydrogen-bond donors (Lipinski definition) is 1. The molecule has 1 heterocycles. The van der Waals surface area contributed by atoms with Crippen molar-refractivity contribution in [1.82, 2.24) is 5.32 Å². The third-order valence-electron chi connectivity index (χ3n) is 5.98. The third-order valence-corrected chi connectivity index (χ3v) is 5.98. The Hall–Kier alpha value is -1.64. The third kappa shape index (κ3) is 2.60. The van der Waals surface area contributed by atoms with Crippen LogP contribution in [0.15, 0.2) is 35.3 Å². The zero-order valence-corrected chi connectivity index (χ0v) is 14.9. The van der Waals surface area contributed by atoms with Crippen molar-refractivity contribution >= 4 is 11.6 Å². The van der Waals surface area contributed by atoms with E-state index in [-0.39, 0.29) is 22.9 Å². The fourth-order valence-electron chi connectivity index (χ4n) is 5.19. The molecule has 3 heteroatoms. The molecule has 2 aliphatic rings. The molecule has 1 N–H and O–H groups in total. The van der Waals surface area contributed by atoms with Crippen LogP contribution in [0, 0.1) is 17.8 Å². The predicted molar refractivity (Wildman–Crippen MR) is 94.5 cm³/mol. The van der Waals surface area contributed by atoms with Gasteiger partial charge in [-0.2, -0.15) is 0 Å². The van der Waals surface area contributed by atoms with Crippen LogP contribution in [0.4, 0.5) is 0 Å². The smallest absolute Gasteiger partial charge is 0.217 e. The predicted octanol–water partition coefficient (Wildman–Crippen LogP) is 3.93. The lowest BCUT2D eigenvalue weighted by Gasteiger charge is -2.56. The summed E-state index contributed by atoms with van der Waals surface area (Å²) in [6.07, 6.45) is 2.07. The van der Waals surface area contributed by atoms with Crippen molar-refractivity contribution in [2.45, 2.75) is 58.5 Å². The summed E-state index contributed by atoms with van der Waals surface area (Å²) in [5, 5.41) is 3.34. The quantitative estimate of drug-likeness (QED) is 0.883. The molecule has 2 bridgehead atoms. The van der Waals surface area contributed by atoms with E-state index in [1.807, 2.05) is 6.07 Å². The molecule has 1 fully saturated rings. The summed E-state index contributed by atoms with van der Waals surface area (Å²) in [4.78, 5) is 17.1. The van der Waals surface area contributed by atoms with E-state index in [0.717, 1.165) is 12.8 Å². The Bertz CT molecular complexity index is 634. The first-order valence-corrected chi connectivity index (χ1v) is 8.67. The molecule has 1 amide bonds. The van der Waals surface area contributed by atoms with E-state index in [4.69, 9.17) is 4.99 Å². The number of carbonyl (C=O) groups is 1. The number of benzene rings is 1. The molecule has 1 aromatic carbocycles. The van der Waals surface area contributed by atoms with Crippen molar-refractivity contribution < 1.29 is 4.79 Å². The second-order valence-electron chi connectivity index (χ2n) is 8.00. The maximum absolute atomic E-state index is 12.0. The molecule has 124 valence electrons. The summed E-state index contributed by atoms with van der Waals surface area (Å²) in [6.45, 7) is 10.6. The summed E-state index contributed by atoms with van der Waals surface area (Å²) < 4.78 is 0. The van der Waals surface area contributed by atoms with Crippen LogP contribution in [0.3, 0.4) is 0 Å². The largest absolute Gasteiger partial charge is 0.346 e. The first kappa shape index (κ1) is 16.2. The number of hydrogen-bond acceptors (Lipinski definition) is 2. The Morgan fingerprint density at radius 2 is 1.91 bits per heavy atom. The van der Waals surface area contributed by atoms with Crippen LogP contribution in [0.5, 0.6) is 0 Å². The van der Waals surface area contributed by atoms with Gasteiger partial charge in [-0.25, -0.2) is 0 Å². The summed E-state index contributed by atoms with van der Waals surface area (Å²) in [6, 6.07) is 10.5. The van der Waals surface area contributed by atoms with Crippen LogP contribution in [0.1, 0.15) is 53.0 Å². The Kier molecular flexibility index (Phi) is 3.86. The van der Waals surface area contributed by atoms with Gasteiger partial charge in [-0.1, -0.05) is 37.3 Å². The fourth-order valence-corrected chi connectivity index (χ4v) is 5.19. The van der Waals surface area contributed by atoms with Crippen LogP contribution in [0.2, 0.25) is 0 Å². The van der Waals surface area contributed by atoms with E-state index in [0.29, 0.717) is 11.8 Å². The van der Waals surface area contributed by atoms with Gasteiger partial charge in [0.05, 0.1) is 11.1 Å². The lowest BCUT2D eigenvalue weighted by molar-refractivity contribution is -0.122. The van der Waals surface area contributed by atoms with Crippen molar-refractivity contribution in [3.05, 3.63) is 35.9 Å². The van der Waals surface area contributed by atoms with E-state index in [9.17, 15) is 4.79 Å². The molecule has 23 heavy (non-hydrogen) atoms. The second-order valence-corrected chi connectivity index (χ2v) is 8.00. The van der Waals surface area contributed by atoms with Crippen LogP contribution >= 0.6 is 0 Å². The normalized spacial score (nSPS) is 35.3. The van der Waals surface area contributed by atoms with Crippen molar-refractivity contribution in [2.24, 2.45) is 22.7 Å². The molecule has 4 atom stereocenters. The van der Waals surface area contributed by atoms with Crippen LogP contribution in [-0.2, 0) is 10.3 Å². The zero-order chi connectivity index (χ0) is 16.8. The molecule has 1 saturated carbocycles. The minimum absolute atomic E-state index is 0.000921. The van der Waals surface area contributed by atoms with Crippen LogP contribution < -0.4 is 5.32 Å². The number of rotatable bonds is 2. The van der Waals surface area contributed by atoms with Gasteiger partial charge in [0.25, 0.3) is 0 Å². The molecular weight excluding hydrogens is 284 g/mol. The van der Waals surface area contributed by atoms with Crippen molar-refractivity contribution in [1.29, 1.82) is 0 Å². The maximum atomic E-state index is 12.0. The molecular formula is C20H28N2O. The number of amides is 1. The van der Waals surface area contributed by atoms with Crippen LogP contribution in [0.25, 0.3) is 0 Å². The Labute approximate surface area is 139 Å². The van der Waals surface area contributed by atoms with Crippen LogP contribution in [-0.4, -0.2) is 17.2 Å².